The molecule has 0 bridgehead atoms. The number of aromatic carboxylic acids is 1. The van der Waals surface area contributed by atoms with Crippen molar-refractivity contribution in [3.63, 3.8) is 0 Å². The fourth-order valence-electron chi connectivity index (χ4n) is 4.24. The number of benzene rings is 2. The first-order valence-corrected chi connectivity index (χ1v) is 12.0. The Hall–Kier alpha value is -3.22. The molecule has 7 nitrogen and oxygen atoms in total. The standard InChI is InChI=1S/C28H39NO6/c1-8-9-10-11-18(20-16-24(34-6)25(35-7)17-23(20)33-5)15-26(30)29-22-14-19(27(31)32)12-13-21(22)28(2,3)4/h12-14,16-18H,8-11,15H2,1-7H3,(H,29,30)(H,31,32). The highest BCUT2D eigenvalue weighted by Gasteiger charge is 2.25. The highest BCUT2D eigenvalue weighted by molar-refractivity contribution is 5.95. The highest BCUT2D eigenvalue weighted by Crippen LogP contribution is 2.41. The number of amides is 1. The summed E-state index contributed by atoms with van der Waals surface area (Å²) in [5, 5.41) is 12.4. The highest BCUT2D eigenvalue weighted by atomic mass is 16.5. The molecule has 0 spiro atoms. The van der Waals surface area contributed by atoms with Gasteiger partial charge in [-0.15, -0.1) is 0 Å². The Morgan fingerprint density at radius 2 is 1.57 bits per heavy atom. The summed E-state index contributed by atoms with van der Waals surface area (Å²) in [4.78, 5) is 24.9. The summed E-state index contributed by atoms with van der Waals surface area (Å²) < 4.78 is 16.6. The third-order valence-corrected chi connectivity index (χ3v) is 6.11. The molecule has 0 fully saturated rings. The minimum Gasteiger partial charge on any atom is -0.496 e. The summed E-state index contributed by atoms with van der Waals surface area (Å²) >= 11 is 0. The number of methoxy groups -OCH3 is 3. The molecule has 0 aliphatic rings. The van der Waals surface area contributed by atoms with E-state index in [2.05, 4.69) is 12.2 Å². The molecule has 0 aliphatic heterocycles. The molecule has 2 aromatic rings. The molecular formula is C28H39NO6. The quantitative estimate of drug-likeness (QED) is 0.338. The summed E-state index contributed by atoms with van der Waals surface area (Å²) in [5.74, 6) is 0.445. The number of anilines is 1. The minimum atomic E-state index is -1.03. The Morgan fingerprint density at radius 1 is 0.943 bits per heavy atom. The summed E-state index contributed by atoms with van der Waals surface area (Å²) in [5.41, 5.74) is 2.14. The van der Waals surface area contributed by atoms with Gasteiger partial charge in [0.1, 0.15) is 5.75 Å². The number of carboxylic acid groups (broad SMARTS) is 1. The first-order valence-electron chi connectivity index (χ1n) is 12.0. The Morgan fingerprint density at radius 3 is 2.11 bits per heavy atom. The largest absolute Gasteiger partial charge is 0.496 e. The molecule has 0 saturated carbocycles. The molecule has 0 heterocycles. The second kappa shape index (κ2) is 12.5. The molecule has 2 aromatic carbocycles. The number of hydrogen-bond acceptors (Lipinski definition) is 5. The zero-order chi connectivity index (χ0) is 26.2. The van der Waals surface area contributed by atoms with Crippen LogP contribution in [-0.4, -0.2) is 38.3 Å². The summed E-state index contributed by atoms with van der Waals surface area (Å²) in [6, 6.07) is 8.54. The van der Waals surface area contributed by atoms with Crippen molar-refractivity contribution in [3.8, 4) is 17.2 Å². The predicted octanol–water partition coefficient (Wildman–Crippen LogP) is 6.40. The van der Waals surface area contributed by atoms with Crippen LogP contribution in [0.3, 0.4) is 0 Å². The molecule has 7 heteroatoms. The molecule has 1 unspecified atom stereocenters. The van der Waals surface area contributed by atoms with Crippen molar-refractivity contribution >= 4 is 17.6 Å². The molecule has 1 amide bonds. The lowest BCUT2D eigenvalue weighted by atomic mass is 9.85. The van der Waals surface area contributed by atoms with Gasteiger partial charge < -0.3 is 24.6 Å². The fourth-order valence-corrected chi connectivity index (χ4v) is 4.24. The van der Waals surface area contributed by atoms with Crippen molar-refractivity contribution in [2.24, 2.45) is 0 Å². The molecule has 0 saturated heterocycles. The third kappa shape index (κ3) is 7.38. The molecule has 192 valence electrons. The van der Waals surface area contributed by atoms with Gasteiger partial charge in [0.15, 0.2) is 11.5 Å². The van der Waals surface area contributed by atoms with E-state index in [1.54, 1.807) is 39.5 Å². The lowest BCUT2D eigenvalue weighted by Crippen LogP contribution is -2.21. The average Bonchev–Trinajstić information content (AvgIpc) is 2.81. The van der Waals surface area contributed by atoms with Crippen LogP contribution in [0.25, 0.3) is 0 Å². The first-order chi connectivity index (χ1) is 16.5. The Labute approximate surface area is 208 Å². The van der Waals surface area contributed by atoms with E-state index in [0.717, 1.165) is 36.8 Å². The Bertz CT molecular complexity index is 1020. The van der Waals surface area contributed by atoms with Crippen molar-refractivity contribution < 1.29 is 28.9 Å². The Kier molecular flexibility index (Phi) is 9.99. The number of rotatable bonds is 12. The molecule has 0 aliphatic carbocycles. The molecule has 2 N–H and O–H groups in total. The van der Waals surface area contributed by atoms with Gasteiger partial charge in [-0.1, -0.05) is 53.0 Å². The maximum absolute atomic E-state index is 13.3. The SMILES string of the molecule is CCCCCC(CC(=O)Nc1cc(C(=O)O)ccc1C(C)(C)C)c1cc(OC)c(OC)cc1OC. The van der Waals surface area contributed by atoms with E-state index in [1.807, 2.05) is 26.8 Å². The molecular weight excluding hydrogens is 446 g/mol. The van der Waals surface area contributed by atoms with Crippen molar-refractivity contribution in [3.05, 3.63) is 47.0 Å². The van der Waals surface area contributed by atoms with E-state index in [-0.39, 0.29) is 29.2 Å². The van der Waals surface area contributed by atoms with Gasteiger partial charge in [0, 0.05) is 23.7 Å². The summed E-state index contributed by atoms with van der Waals surface area (Å²) in [6.07, 6.45) is 4.11. The topological polar surface area (TPSA) is 94.1 Å². The van der Waals surface area contributed by atoms with E-state index in [0.29, 0.717) is 22.9 Å². The van der Waals surface area contributed by atoms with Gasteiger partial charge >= 0.3 is 5.97 Å². The third-order valence-electron chi connectivity index (χ3n) is 6.11. The normalized spacial score (nSPS) is 12.1. The number of carboxylic acids is 1. The number of ether oxygens (including phenoxy) is 3. The van der Waals surface area contributed by atoms with Gasteiger partial charge in [-0.2, -0.15) is 0 Å². The Balaban J connectivity index is 2.42. The van der Waals surface area contributed by atoms with Crippen molar-refractivity contribution in [1.29, 1.82) is 0 Å². The van der Waals surface area contributed by atoms with Gasteiger partial charge in [-0.25, -0.2) is 4.79 Å². The van der Waals surface area contributed by atoms with Gasteiger partial charge in [-0.05, 0) is 41.5 Å². The van der Waals surface area contributed by atoms with E-state index in [9.17, 15) is 14.7 Å². The lowest BCUT2D eigenvalue weighted by molar-refractivity contribution is -0.116. The zero-order valence-electron chi connectivity index (χ0n) is 22.0. The van der Waals surface area contributed by atoms with Gasteiger partial charge in [0.05, 0.1) is 26.9 Å². The van der Waals surface area contributed by atoms with Crippen LogP contribution in [0.15, 0.2) is 30.3 Å². The number of nitrogens with one attached hydrogen (secondary N) is 1. The smallest absolute Gasteiger partial charge is 0.335 e. The van der Waals surface area contributed by atoms with Crippen molar-refractivity contribution in [2.75, 3.05) is 26.6 Å². The monoisotopic (exact) mass is 485 g/mol. The first kappa shape index (κ1) is 28.0. The van der Waals surface area contributed by atoms with Crippen LogP contribution in [0, 0.1) is 0 Å². The van der Waals surface area contributed by atoms with Crippen LogP contribution in [0.5, 0.6) is 17.2 Å². The summed E-state index contributed by atoms with van der Waals surface area (Å²) in [7, 11) is 4.75. The van der Waals surface area contributed by atoms with E-state index >= 15 is 0 Å². The predicted molar refractivity (Wildman–Crippen MR) is 138 cm³/mol. The lowest BCUT2D eigenvalue weighted by Gasteiger charge is -2.25. The van der Waals surface area contributed by atoms with Crippen LogP contribution in [0.4, 0.5) is 5.69 Å². The van der Waals surface area contributed by atoms with E-state index in [4.69, 9.17) is 14.2 Å². The number of unbranched alkanes of at least 4 members (excludes halogenated alkanes) is 2. The second-order valence-corrected chi connectivity index (χ2v) is 9.71. The summed E-state index contributed by atoms with van der Waals surface area (Å²) in [6.45, 7) is 8.23. The van der Waals surface area contributed by atoms with Crippen LogP contribution < -0.4 is 19.5 Å². The van der Waals surface area contributed by atoms with Crippen molar-refractivity contribution in [2.45, 2.75) is 71.1 Å². The van der Waals surface area contributed by atoms with Crippen LogP contribution >= 0.6 is 0 Å². The number of hydrogen-bond donors (Lipinski definition) is 2. The minimum absolute atomic E-state index is 0.114. The fraction of sp³-hybridized carbons (Fsp3) is 0.500. The maximum atomic E-state index is 13.3. The van der Waals surface area contributed by atoms with E-state index < -0.39 is 5.97 Å². The van der Waals surface area contributed by atoms with Gasteiger partial charge in [0.25, 0.3) is 0 Å². The second-order valence-electron chi connectivity index (χ2n) is 9.71. The molecule has 0 radical (unpaired) electrons. The average molecular weight is 486 g/mol. The van der Waals surface area contributed by atoms with Gasteiger partial charge in [0.2, 0.25) is 5.91 Å². The number of carbonyl (C=O) groups is 2. The zero-order valence-corrected chi connectivity index (χ0v) is 22.0. The molecule has 35 heavy (non-hydrogen) atoms. The molecule has 2 rings (SSSR count). The maximum Gasteiger partial charge on any atom is 0.335 e. The van der Waals surface area contributed by atoms with Gasteiger partial charge in [-0.3, -0.25) is 4.79 Å². The van der Waals surface area contributed by atoms with Crippen molar-refractivity contribution in [1.82, 2.24) is 0 Å². The molecule has 1 atom stereocenters. The van der Waals surface area contributed by atoms with E-state index in [1.165, 1.54) is 6.07 Å². The van der Waals surface area contributed by atoms with Crippen LogP contribution in [-0.2, 0) is 10.2 Å². The van der Waals surface area contributed by atoms with Crippen LogP contribution in [0.1, 0.15) is 87.2 Å². The molecule has 0 aromatic heterocycles. The number of carbonyl (C=O) groups excluding carboxylic acids is 1. The van der Waals surface area contributed by atoms with Crippen LogP contribution in [0.2, 0.25) is 0 Å².